The first-order chi connectivity index (χ1) is 13.5. The number of nitrogens with zero attached hydrogens (tertiary/aromatic N) is 4. The molecule has 6 nitrogen and oxygen atoms in total. The van der Waals surface area contributed by atoms with Crippen LogP contribution >= 0.6 is 0 Å². The number of carbonyl (C=O) groups is 1. The lowest BCUT2D eigenvalue weighted by molar-refractivity contribution is 0.0780. The van der Waals surface area contributed by atoms with Gasteiger partial charge >= 0.3 is 0 Å². The van der Waals surface area contributed by atoms with Gasteiger partial charge in [-0.3, -0.25) is 9.79 Å². The molecule has 1 fully saturated rings. The van der Waals surface area contributed by atoms with Gasteiger partial charge in [0.05, 0.1) is 23.9 Å². The molecule has 28 heavy (non-hydrogen) atoms. The van der Waals surface area contributed by atoms with Crippen LogP contribution in [0.4, 0.5) is 0 Å². The summed E-state index contributed by atoms with van der Waals surface area (Å²) < 4.78 is 8.01. The number of ether oxygens (including phenoxy) is 1. The predicted octanol–water partition coefficient (Wildman–Crippen LogP) is 3.84. The molecule has 4 heterocycles. The lowest BCUT2D eigenvalue weighted by Gasteiger charge is -2.18. The van der Waals surface area contributed by atoms with E-state index < -0.39 is 0 Å². The van der Waals surface area contributed by atoms with Crippen molar-refractivity contribution >= 4 is 11.6 Å². The van der Waals surface area contributed by atoms with Gasteiger partial charge in [0, 0.05) is 37.1 Å². The zero-order chi connectivity index (χ0) is 19.8. The Labute approximate surface area is 166 Å². The highest BCUT2D eigenvalue weighted by molar-refractivity contribution is 6.17. The molecule has 2 aliphatic rings. The summed E-state index contributed by atoms with van der Waals surface area (Å²) in [7, 11) is 0. The topological polar surface area (TPSA) is 59.7 Å². The largest absolute Gasteiger partial charge is 0.474 e. The van der Waals surface area contributed by atoms with Crippen LogP contribution in [0.15, 0.2) is 29.5 Å². The molecule has 0 N–H and O–H groups in total. The third kappa shape index (κ3) is 3.32. The number of pyridine rings is 1. The minimum Gasteiger partial charge on any atom is -0.474 e. The number of rotatable bonds is 5. The Morgan fingerprint density at radius 1 is 1.18 bits per heavy atom. The first-order valence-corrected chi connectivity index (χ1v) is 10.2. The minimum atomic E-state index is 0.0356. The quantitative estimate of drug-likeness (QED) is 0.792. The predicted molar refractivity (Wildman–Crippen MR) is 109 cm³/mol. The van der Waals surface area contributed by atoms with Gasteiger partial charge in [0.1, 0.15) is 5.69 Å². The number of carbonyl (C=O) groups excluding carboxylic acids is 1. The fourth-order valence-corrected chi connectivity index (χ4v) is 3.95. The summed E-state index contributed by atoms with van der Waals surface area (Å²) in [6.07, 6.45) is 6.03. The van der Waals surface area contributed by atoms with Gasteiger partial charge < -0.3 is 14.2 Å². The second-order valence-electron chi connectivity index (χ2n) is 8.10. The molecule has 148 valence electrons. The maximum Gasteiger partial charge on any atom is 0.270 e. The highest BCUT2D eigenvalue weighted by Crippen LogP contribution is 2.31. The van der Waals surface area contributed by atoms with Crippen molar-refractivity contribution < 1.29 is 9.53 Å². The highest BCUT2D eigenvalue weighted by Gasteiger charge is 2.28. The Balaban J connectivity index is 1.74. The maximum atomic E-state index is 13.1. The minimum absolute atomic E-state index is 0.0356. The van der Waals surface area contributed by atoms with Gasteiger partial charge in [-0.05, 0) is 58.2 Å². The van der Waals surface area contributed by atoms with E-state index in [-0.39, 0.29) is 18.1 Å². The lowest BCUT2D eigenvalue weighted by atomic mass is 10.0. The van der Waals surface area contributed by atoms with Crippen molar-refractivity contribution in [3.63, 3.8) is 0 Å². The van der Waals surface area contributed by atoms with Crippen LogP contribution in [0.1, 0.15) is 73.8 Å². The summed E-state index contributed by atoms with van der Waals surface area (Å²) in [4.78, 5) is 24.3. The molecule has 2 aromatic rings. The summed E-state index contributed by atoms with van der Waals surface area (Å²) in [5, 5.41) is 0. The van der Waals surface area contributed by atoms with Crippen molar-refractivity contribution in [3.8, 4) is 5.88 Å². The highest BCUT2D eigenvalue weighted by atomic mass is 16.5. The Hall–Kier alpha value is -2.63. The van der Waals surface area contributed by atoms with Gasteiger partial charge in [-0.25, -0.2) is 4.98 Å². The van der Waals surface area contributed by atoms with Crippen molar-refractivity contribution in [2.24, 2.45) is 4.99 Å². The number of likely N-dealkylation sites (tertiary alicyclic amines) is 1. The number of amides is 1. The van der Waals surface area contributed by atoms with E-state index in [9.17, 15) is 4.79 Å². The smallest absolute Gasteiger partial charge is 0.270 e. The second-order valence-corrected chi connectivity index (χ2v) is 8.10. The Morgan fingerprint density at radius 3 is 2.61 bits per heavy atom. The van der Waals surface area contributed by atoms with Crippen LogP contribution in [0.5, 0.6) is 5.88 Å². The molecule has 1 saturated heterocycles. The summed E-state index contributed by atoms with van der Waals surface area (Å²) in [6.45, 7) is 10.5. The molecule has 4 rings (SSSR count). The molecular weight excluding hydrogens is 352 g/mol. The molecule has 0 unspecified atom stereocenters. The van der Waals surface area contributed by atoms with Crippen molar-refractivity contribution in [2.75, 3.05) is 13.1 Å². The van der Waals surface area contributed by atoms with E-state index in [1.54, 1.807) is 6.20 Å². The fourth-order valence-electron chi connectivity index (χ4n) is 3.95. The molecule has 0 bridgehead atoms. The summed E-state index contributed by atoms with van der Waals surface area (Å²) in [5.41, 5.74) is 4.63. The Morgan fingerprint density at radius 2 is 1.93 bits per heavy atom. The molecular formula is C22H28N4O2. The third-order valence-electron chi connectivity index (χ3n) is 5.28. The van der Waals surface area contributed by atoms with Crippen LogP contribution in [0.3, 0.4) is 0 Å². The summed E-state index contributed by atoms with van der Waals surface area (Å²) >= 11 is 0. The first-order valence-electron chi connectivity index (χ1n) is 10.2. The molecule has 2 aliphatic heterocycles. The van der Waals surface area contributed by atoms with Gasteiger partial charge in [0.25, 0.3) is 5.91 Å². The average Bonchev–Trinajstić information content (AvgIpc) is 3.39. The van der Waals surface area contributed by atoms with Crippen LogP contribution in [0.25, 0.3) is 0 Å². The summed E-state index contributed by atoms with van der Waals surface area (Å²) in [6, 6.07) is 4.17. The number of fused-ring (bicyclic) bond motifs is 1. The molecule has 0 atom stereocenters. The molecule has 6 heteroatoms. The van der Waals surface area contributed by atoms with Crippen LogP contribution in [0, 0.1) is 0 Å². The number of aromatic nitrogens is 2. The molecule has 0 spiro atoms. The average molecular weight is 380 g/mol. The van der Waals surface area contributed by atoms with Crippen molar-refractivity contribution in [1.29, 1.82) is 0 Å². The number of hydrogen-bond acceptors (Lipinski definition) is 4. The van der Waals surface area contributed by atoms with Gasteiger partial charge in [-0.15, -0.1) is 0 Å². The molecule has 0 saturated carbocycles. The fraction of sp³-hybridized carbons (Fsp3) is 0.500. The SMILES string of the molecule is CC(C)Oc1nccc2c1C(c1cc(C(=O)N3CCCC3)n(C(C)C)c1)=NC2. The molecule has 0 aromatic carbocycles. The Kier molecular flexibility index (Phi) is 4.96. The van der Waals surface area contributed by atoms with Crippen molar-refractivity contribution in [3.05, 3.63) is 46.9 Å². The van der Waals surface area contributed by atoms with E-state index in [0.29, 0.717) is 12.4 Å². The van der Waals surface area contributed by atoms with Gasteiger partial charge in [0.15, 0.2) is 0 Å². The van der Waals surface area contributed by atoms with Crippen molar-refractivity contribution in [2.45, 2.75) is 59.2 Å². The van der Waals surface area contributed by atoms with Crippen LogP contribution < -0.4 is 4.74 Å². The van der Waals surface area contributed by atoms with E-state index in [1.807, 2.05) is 37.1 Å². The Bertz CT molecular complexity index is 921. The van der Waals surface area contributed by atoms with Crippen LogP contribution in [-0.2, 0) is 6.54 Å². The third-order valence-corrected chi connectivity index (χ3v) is 5.28. The van der Waals surface area contributed by atoms with E-state index in [2.05, 4.69) is 23.4 Å². The van der Waals surface area contributed by atoms with E-state index in [1.165, 1.54) is 0 Å². The van der Waals surface area contributed by atoms with Crippen molar-refractivity contribution in [1.82, 2.24) is 14.5 Å². The zero-order valence-electron chi connectivity index (χ0n) is 17.1. The van der Waals surface area contributed by atoms with Gasteiger partial charge in [-0.1, -0.05) is 0 Å². The molecule has 0 radical (unpaired) electrons. The number of hydrogen-bond donors (Lipinski definition) is 0. The second kappa shape index (κ2) is 7.41. The molecule has 0 aliphatic carbocycles. The van der Waals surface area contributed by atoms with Gasteiger partial charge in [-0.2, -0.15) is 0 Å². The zero-order valence-corrected chi connectivity index (χ0v) is 17.1. The standard InChI is InChI=1S/C22H28N4O2/c1-14(2)26-13-17(11-18(26)22(27)25-9-5-6-10-25)20-19-16(12-24-20)7-8-23-21(19)28-15(3)4/h7-8,11,13-15H,5-6,9-10,12H2,1-4H3. The van der Waals surface area contributed by atoms with Crippen LogP contribution in [0.2, 0.25) is 0 Å². The summed E-state index contributed by atoms with van der Waals surface area (Å²) in [5.74, 6) is 0.731. The molecule has 1 amide bonds. The van der Waals surface area contributed by atoms with Gasteiger partial charge in [0.2, 0.25) is 5.88 Å². The lowest BCUT2D eigenvalue weighted by Crippen LogP contribution is -2.29. The van der Waals surface area contributed by atoms with E-state index in [0.717, 1.165) is 54.0 Å². The maximum absolute atomic E-state index is 13.1. The van der Waals surface area contributed by atoms with E-state index in [4.69, 9.17) is 9.73 Å². The van der Waals surface area contributed by atoms with E-state index >= 15 is 0 Å². The number of aliphatic imine (C=N–C) groups is 1. The monoisotopic (exact) mass is 380 g/mol. The van der Waals surface area contributed by atoms with Crippen LogP contribution in [-0.4, -0.2) is 45.3 Å². The first kappa shape index (κ1) is 18.7. The normalized spacial score (nSPS) is 16.1. The molecule has 2 aromatic heterocycles.